The fourth-order valence-corrected chi connectivity index (χ4v) is 23.2. The van der Waals surface area contributed by atoms with Gasteiger partial charge in [0.25, 0.3) is 0 Å². The maximum Gasteiger partial charge on any atom is 0.127 e. The van der Waals surface area contributed by atoms with Crippen molar-refractivity contribution < 1.29 is 18.3 Å². The van der Waals surface area contributed by atoms with Gasteiger partial charge in [0, 0.05) is 68.2 Å². The van der Waals surface area contributed by atoms with E-state index >= 15 is 8.78 Å². The van der Waals surface area contributed by atoms with E-state index in [0.717, 1.165) is 219 Å². The molecule has 708 valence electrons. The van der Waals surface area contributed by atoms with Crippen LogP contribution in [0, 0.1) is 11.6 Å². The Morgan fingerprint density at radius 2 is 0.356 bits per heavy atom. The molecule has 0 saturated heterocycles. The van der Waals surface area contributed by atoms with Gasteiger partial charge in [-0.05, 0) is 357 Å². The highest BCUT2D eigenvalue weighted by atomic mass is 19.1. The van der Waals surface area contributed by atoms with Gasteiger partial charge in [-0.1, -0.05) is 359 Å². The first-order valence-corrected chi connectivity index (χ1v) is 50.4. The van der Waals surface area contributed by atoms with Crippen molar-refractivity contribution in [1.82, 2.24) is 0 Å². The summed E-state index contributed by atoms with van der Waals surface area (Å²) in [6.45, 7) is 12.1. The fraction of sp³-hybridized carbons (Fsp3) is 0.0213. The third kappa shape index (κ3) is 16.1. The van der Waals surface area contributed by atoms with Crippen molar-refractivity contribution in [3.8, 4) is 78.6 Å². The van der Waals surface area contributed by atoms with Gasteiger partial charge in [-0.15, -0.1) is 0 Å². The lowest BCUT2D eigenvalue weighted by Gasteiger charge is -2.36. The maximum atomic E-state index is 15.2. The van der Waals surface area contributed by atoms with Crippen LogP contribution in [0.15, 0.2) is 560 Å². The monoisotopic (exact) mass is 1920 g/mol. The quantitative estimate of drug-likeness (QED) is 0.0510. The molecule has 25 rings (SSSR count). The second-order valence-corrected chi connectivity index (χ2v) is 38.1. The number of ether oxygens (including phenoxy) is 2. The first-order chi connectivity index (χ1) is 73.5. The molecule has 2 unspecified atom stereocenters. The highest BCUT2D eigenvalue weighted by Gasteiger charge is 2.51. The molecule has 0 fully saturated rings. The molecule has 0 spiro atoms. The first-order valence-electron chi connectivity index (χ1n) is 50.4. The van der Waals surface area contributed by atoms with Crippen LogP contribution >= 0.6 is 0 Å². The lowest BCUT2D eigenvalue weighted by molar-refractivity contribution is 0.482. The van der Waals surface area contributed by atoms with Crippen molar-refractivity contribution in [2.24, 2.45) is 0 Å². The van der Waals surface area contributed by atoms with Crippen LogP contribution in [-0.2, 0) is 16.2 Å². The summed E-state index contributed by atoms with van der Waals surface area (Å²) in [5, 5.41) is 0. The van der Waals surface area contributed by atoms with Gasteiger partial charge >= 0.3 is 0 Å². The van der Waals surface area contributed by atoms with Crippen molar-refractivity contribution in [2.45, 2.75) is 16.2 Å². The van der Waals surface area contributed by atoms with Crippen molar-refractivity contribution in [3.63, 3.8) is 0 Å². The summed E-state index contributed by atoms with van der Waals surface area (Å²) in [4.78, 5) is 9.22. The summed E-state index contributed by atoms with van der Waals surface area (Å²) in [5.74, 6) is 2.32. The molecule has 0 heterocycles. The van der Waals surface area contributed by atoms with Gasteiger partial charge in [0.15, 0.2) is 0 Å². The molecule has 0 radical (unpaired) electrons. The van der Waals surface area contributed by atoms with Crippen molar-refractivity contribution >= 4 is 86.5 Å². The van der Waals surface area contributed by atoms with Gasteiger partial charge in [-0.3, -0.25) is 0 Å². The van der Waals surface area contributed by atoms with Crippen LogP contribution in [0.5, 0.6) is 23.0 Å². The summed E-state index contributed by atoms with van der Waals surface area (Å²) in [6.07, 6.45) is 5.57. The molecule has 0 saturated carbocycles. The number of hydrogen-bond donors (Lipinski definition) is 0. The van der Waals surface area contributed by atoms with E-state index in [1.807, 2.05) is 91.0 Å². The Kier molecular flexibility index (Phi) is 23.5. The van der Waals surface area contributed by atoms with Crippen molar-refractivity contribution in [2.75, 3.05) is 19.6 Å². The molecule has 6 nitrogen and oxygen atoms in total. The number of anilines is 12. The van der Waals surface area contributed by atoms with E-state index in [0.29, 0.717) is 0 Å². The molecule has 8 heteroatoms. The molecular formula is C141H98F2N4O2. The number of para-hydroxylation sites is 2. The minimum Gasteiger partial charge on any atom is -0.457 e. The molecule has 0 aromatic heterocycles. The first kappa shape index (κ1) is 91.0. The van der Waals surface area contributed by atoms with E-state index in [1.165, 1.54) is 35.4 Å². The van der Waals surface area contributed by atoms with Crippen LogP contribution in [0.3, 0.4) is 0 Å². The van der Waals surface area contributed by atoms with Crippen LogP contribution in [0.1, 0.15) is 83.5 Å². The summed E-state index contributed by atoms with van der Waals surface area (Å²) in [5.41, 5.74) is 36.7. The lowest BCUT2D eigenvalue weighted by Crippen LogP contribution is -2.29. The fourth-order valence-electron chi connectivity index (χ4n) is 23.2. The van der Waals surface area contributed by atoms with E-state index in [1.54, 1.807) is 0 Å². The molecule has 3 aliphatic carbocycles. The van der Waals surface area contributed by atoms with Crippen molar-refractivity contribution in [3.05, 3.63) is 655 Å². The van der Waals surface area contributed by atoms with Crippen LogP contribution < -0.4 is 29.1 Å². The van der Waals surface area contributed by atoms with Gasteiger partial charge in [-0.25, -0.2) is 8.78 Å². The Bertz CT molecular complexity index is 8280. The van der Waals surface area contributed by atoms with E-state index in [2.05, 4.69) is 482 Å². The predicted octanol–water partition coefficient (Wildman–Crippen LogP) is 37.8. The van der Waals surface area contributed by atoms with Crippen LogP contribution in [0.4, 0.5) is 77.0 Å². The lowest BCUT2D eigenvalue weighted by atomic mass is 9.67. The molecule has 2 atom stereocenters. The molecular weight excluding hydrogens is 1820 g/mol. The SMILES string of the molecule is C=Cc1ccc(Oc2ccc(C3(c4ccccc4)c4ccccc4-c4ccc(N(c5ccc(F)cc5)c5ccc(-c6ccc(N(c7ccccc7)c7ccc8c(c7)C(c7ccccc7)(c7ccc(C=C)cc7)c7cc(N(c9ccccc9)c9ccc(-c%10ccc(N(c%11ccc(F)cc%11)c%11ccc%12c(c%11)C(c%11ccccc%11)(c%11ccc(Oc%13ccc(C=C)cc%13)cc%11)c%11ccccc%11-%12)cc%10)cc9)ccc7-8)cc6)cc5)cc43)cc2)cc1. The molecule has 0 amide bonds. The summed E-state index contributed by atoms with van der Waals surface area (Å²) >= 11 is 0. The van der Waals surface area contributed by atoms with Gasteiger partial charge in [-0.2, -0.15) is 0 Å². The highest BCUT2D eigenvalue weighted by molar-refractivity contribution is 5.96. The third-order valence-electron chi connectivity index (χ3n) is 30.0. The van der Waals surface area contributed by atoms with E-state index < -0.39 is 16.2 Å². The topological polar surface area (TPSA) is 31.4 Å². The maximum absolute atomic E-state index is 15.2. The highest BCUT2D eigenvalue weighted by Crippen LogP contribution is 2.63. The zero-order valence-corrected chi connectivity index (χ0v) is 81.6. The molecule has 22 aromatic rings. The van der Waals surface area contributed by atoms with Crippen molar-refractivity contribution in [1.29, 1.82) is 0 Å². The van der Waals surface area contributed by atoms with Crippen LogP contribution in [0.25, 0.3) is 73.9 Å². The summed E-state index contributed by atoms with van der Waals surface area (Å²) < 4.78 is 43.4. The largest absolute Gasteiger partial charge is 0.457 e. The zero-order chi connectivity index (χ0) is 100. The second kappa shape index (κ2) is 38.4. The number of fused-ring (bicyclic) bond motifs is 9. The molecule has 3 aliphatic rings. The number of halogens is 2. The molecule has 149 heavy (non-hydrogen) atoms. The van der Waals surface area contributed by atoms with Gasteiger partial charge in [0.1, 0.15) is 34.6 Å². The Morgan fingerprint density at radius 1 is 0.168 bits per heavy atom. The summed E-state index contributed by atoms with van der Waals surface area (Å²) in [7, 11) is 0. The van der Waals surface area contributed by atoms with E-state index in [-0.39, 0.29) is 11.6 Å². The predicted molar refractivity (Wildman–Crippen MR) is 611 cm³/mol. The standard InChI is InChI=1S/C141H98F2N4O2/c1-4-96-40-54-106(55-41-96)141(105-30-16-9-17-31-105)137-94-119(144(111-32-18-10-19-33-111)113-64-46-99(47-65-113)101-50-68-115(69-51-101)146(117-72-60-109(142)61-73-117)121-76-88-129-127-36-22-24-38-133(127)139(135(129)92-121,103-26-12-7-13-27-103)107-56-84-125(85-57-107)148-123-80-42-97(5-2)43-81-123)78-90-131(137)132-91-79-120(95-138(132)141)145(112-34-20-11-21-35-112)114-66-48-100(49-67-114)102-52-70-116(71-53-102)147(118-74-62-110(143)63-75-118)122-77-89-130-128-37-23-25-39-134(128)140(136(130)93-122,104-28-14-8-15-29-104)108-58-86-126(87-59-108)149-124-82-44-98(6-3)45-83-124/h4-95H,1-3H2. The number of rotatable bonds is 27. The average Bonchev–Trinajstić information content (AvgIpc) is 1.54. The number of nitrogens with zero attached hydrogens (tertiary/aromatic N) is 4. The Hall–Kier alpha value is -19.3. The number of hydrogen-bond acceptors (Lipinski definition) is 6. The zero-order valence-electron chi connectivity index (χ0n) is 81.6. The third-order valence-corrected chi connectivity index (χ3v) is 30.0. The Labute approximate surface area is 867 Å². The molecule has 22 aromatic carbocycles. The Balaban J connectivity index is 0.541. The van der Waals surface area contributed by atoms with E-state index in [9.17, 15) is 0 Å². The van der Waals surface area contributed by atoms with Crippen LogP contribution in [-0.4, -0.2) is 0 Å². The number of benzene rings is 22. The van der Waals surface area contributed by atoms with Gasteiger partial charge in [0.05, 0.1) is 16.2 Å². The summed E-state index contributed by atoms with van der Waals surface area (Å²) in [6, 6.07) is 190. The second-order valence-electron chi connectivity index (χ2n) is 38.1. The molecule has 0 aliphatic heterocycles. The van der Waals surface area contributed by atoms with Gasteiger partial charge < -0.3 is 29.1 Å². The molecule has 0 N–H and O–H groups in total. The minimum absolute atomic E-state index is 0.312. The molecule has 0 bridgehead atoms. The Morgan fingerprint density at radius 3 is 0.617 bits per heavy atom. The van der Waals surface area contributed by atoms with E-state index in [4.69, 9.17) is 9.47 Å². The normalized spacial score (nSPS) is 14.7. The average molecular weight is 1920 g/mol. The van der Waals surface area contributed by atoms with Gasteiger partial charge in [0.2, 0.25) is 0 Å². The van der Waals surface area contributed by atoms with Crippen LogP contribution in [0.2, 0.25) is 0 Å². The minimum atomic E-state index is -0.849. The smallest absolute Gasteiger partial charge is 0.127 e.